The minimum atomic E-state index is -0.661. The van der Waals surface area contributed by atoms with E-state index in [0.717, 1.165) is 11.1 Å². The molecule has 1 amide bonds. The van der Waals surface area contributed by atoms with E-state index in [1.54, 1.807) is 24.3 Å². The highest BCUT2D eigenvalue weighted by Crippen LogP contribution is 2.40. The molecule has 0 bridgehead atoms. The van der Waals surface area contributed by atoms with Crippen LogP contribution in [0.2, 0.25) is 0 Å². The molecule has 4 rings (SSSR count). The van der Waals surface area contributed by atoms with Crippen molar-refractivity contribution in [3.63, 3.8) is 0 Å². The van der Waals surface area contributed by atoms with Crippen molar-refractivity contribution in [1.82, 2.24) is 4.90 Å². The SMILES string of the molecule is C=CCN1C(=O)c2oc3c(C)cc(C)cc3c(=O)c2C1c1ccc(O)c(OC)c1. The van der Waals surface area contributed by atoms with Crippen molar-refractivity contribution < 1.29 is 19.1 Å². The van der Waals surface area contributed by atoms with Gasteiger partial charge in [0.05, 0.1) is 24.1 Å². The van der Waals surface area contributed by atoms with E-state index in [4.69, 9.17) is 9.15 Å². The molecule has 29 heavy (non-hydrogen) atoms. The van der Waals surface area contributed by atoms with Crippen LogP contribution in [0.1, 0.15) is 38.9 Å². The molecule has 0 saturated carbocycles. The Hall–Kier alpha value is -3.54. The smallest absolute Gasteiger partial charge is 0.291 e. The molecule has 0 fully saturated rings. The second kappa shape index (κ2) is 6.81. The van der Waals surface area contributed by atoms with Crippen LogP contribution in [0.25, 0.3) is 11.0 Å². The Morgan fingerprint density at radius 1 is 1.24 bits per heavy atom. The number of rotatable bonds is 4. The Morgan fingerprint density at radius 2 is 2.00 bits per heavy atom. The number of phenolic OH excluding ortho intramolecular Hbond substituents is 1. The molecule has 0 saturated heterocycles. The van der Waals surface area contributed by atoms with E-state index in [0.29, 0.717) is 22.1 Å². The van der Waals surface area contributed by atoms with Crippen LogP contribution in [0.15, 0.2) is 52.2 Å². The number of carbonyl (C=O) groups is 1. The summed E-state index contributed by atoms with van der Waals surface area (Å²) in [6, 6.07) is 7.83. The summed E-state index contributed by atoms with van der Waals surface area (Å²) >= 11 is 0. The predicted molar refractivity (Wildman–Crippen MR) is 110 cm³/mol. The van der Waals surface area contributed by atoms with Crippen LogP contribution >= 0.6 is 0 Å². The van der Waals surface area contributed by atoms with Gasteiger partial charge in [-0.2, -0.15) is 0 Å². The lowest BCUT2D eigenvalue weighted by atomic mass is 9.97. The molecule has 1 unspecified atom stereocenters. The van der Waals surface area contributed by atoms with Gasteiger partial charge in [0, 0.05) is 6.54 Å². The van der Waals surface area contributed by atoms with Crippen molar-refractivity contribution in [3.05, 3.63) is 81.2 Å². The number of ether oxygens (including phenoxy) is 1. The molecule has 148 valence electrons. The summed E-state index contributed by atoms with van der Waals surface area (Å²) in [5.41, 5.74) is 2.88. The van der Waals surface area contributed by atoms with Crippen molar-refractivity contribution in [2.45, 2.75) is 19.9 Å². The number of hydrogen-bond acceptors (Lipinski definition) is 5. The lowest BCUT2D eigenvalue weighted by molar-refractivity contribution is 0.0748. The largest absolute Gasteiger partial charge is 0.504 e. The number of aromatic hydroxyl groups is 1. The van der Waals surface area contributed by atoms with Crippen LogP contribution in [0.5, 0.6) is 11.5 Å². The molecule has 3 aromatic rings. The second-order valence-corrected chi connectivity index (χ2v) is 7.21. The van der Waals surface area contributed by atoms with Crippen molar-refractivity contribution in [3.8, 4) is 11.5 Å². The van der Waals surface area contributed by atoms with Gasteiger partial charge in [-0.05, 0) is 48.7 Å². The molecule has 2 aromatic carbocycles. The monoisotopic (exact) mass is 391 g/mol. The quantitative estimate of drug-likeness (QED) is 0.683. The summed E-state index contributed by atoms with van der Waals surface area (Å²) in [5, 5.41) is 10.4. The Bertz CT molecular complexity index is 1220. The fourth-order valence-electron chi connectivity index (χ4n) is 4.01. The highest BCUT2D eigenvalue weighted by molar-refractivity contribution is 5.99. The number of nitrogens with zero attached hydrogens (tertiary/aromatic N) is 1. The number of benzene rings is 2. The molecule has 6 nitrogen and oxygen atoms in total. The molecular weight excluding hydrogens is 370 g/mol. The summed E-state index contributed by atoms with van der Waals surface area (Å²) in [5.74, 6) is -0.0732. The third kappa shape index (κ3) is 2.79. The van der Waals surface area contributed by atoms with Crippen LogP contribution in [-0.4, -0.2) is 29.6 Å². The fraction of sp³-hybridized carbons (Fsp3) is 0.217. The minimum Gasteiger partial charge on any atom is -0.504 e. The first-order valence-electron chi connectivity index (χ1n) is 9.24. The zero-order chi connectivity index (χ0) is 20.9. The molecule has 1 aliphatic rings. The van der Waals surface area contributed by atoms with E-state index in [2.05, 4.69) is 6.58 Å². The lowest BCUT2D eigenvalue weighted by Gasteiger charge is -2.24. The van der Waals surface area contributed by atoms with Gasteiger partial charge in [0.1, 0.15) is 5.58 Å². The number of aryl methyl sites for hydroxylation is 2. The van der Waals surface area contributed by atoms with Gasteiger partial charge in [-0.3, -0.25) is 9.59 Å². The van der Waals surface area contributed by atoms with Gasteiger partial charge in [0.2, 0.25) is 5.76 Å². The van der Waals surface area contributed by atoms with Gasteiger partial charge >= 0.3 is 0 Å². The van der Waals surface area contributed by atoms with E-state index in [1.807, 2.05) is 19.9 Å². The first-order valence-corrected chi connectivity index (χ1v) is 9.24. The fourth-order valence-corrected chi connectivity index (χ4v) is 4.01. The number of phenols is 1. The van der Waals surface area contributed by atoms with Crippen LogP contribution in [0.4, 0.5) is 0 Å². The Balaban J connectivity index is 2.04. The number of fused-ring (bicyclic) bond motifs is 2. The molecule has 0 spiro atoms. The van der Waals surface area contributed by atoms with Gasteiger partial charge < -0.3 is 19.2 Å². The molecular formula is C23H21NO5. The van der Waals surface area contributed by atoms with E-state index in [-0.39, 0.29) is 35.1 Å². The average molecular weight is 391 g/mol. The number of methoxy groups -OCH3 is 1. The zero-order valence-corrected chi connectivity index (χ0v) is 16.5. The number of hydrogen-bond donors (Lipinski definition) is 1. The summed E-state index contributed by atoms with van der Waals surface area (Å²) in [4.78, 5) is 28.1. The van der Waals surface area contributed by atoms with Gasteiger partial charge in [-0.25, -0.2) is 0 Å². The Morgan fingerprint density at radius 3 is 2.69 bits per heavy atom. The highest BCUT2D eigenvalue weighted by atomic mass is 16.5. The van der Waals surface area contributed by atoms with Crippen LogP contribution < -0.4 is 10.2 Å². The number of amides is 1. The van der Waals surface area contributed by atoms with Crippen LogP contribution in [0.3, 0.4) is 0 Å². The molecule has 6 heteroatoms. The summed E-state index contributed by atoms with van der Waals surface area (Å²) in [7, 11) is 1.45. The first-order chi connectivity index (χ1) is 13.9. The molecule has 2 heterocycles. The van der Waals surface area contributed by atoms with E-state index < -0.39 is 6.04 Å². The molecule has 1 atom stereocenters. The molecule has 1 N–H and O–H groups in total. The molecule has 0 aliphatic carbocycles. The molecule has 0 radical (unpaired) electrons. The van der Waals surface area contributed by atoms with Crippen molar-refractivity contribution >= 4 is 16.9 Å². The second-order valence-electron chi connectivity index (χ2n) is 7.21. The standard InChI is InChI=1S/C23H21NO5/c1-5-8-24-19(14-6-7-16(25)17(11-14)28-4)18-20(26)15-10-12(2)9-13(3)21(15)29-22(18)23(24)27/h5-7,9-11,19,25H,1,8H2,2-4H3. The van der Waals surface area contributed by atoms with Gasteiger partial charge in [-0.1, -0.05) is 18.2 Å². The highest BCUT2D eigenvalue weighted by Gasteiger charge is 2.42. The van der Waals surface area contributed by atoms with E-state index in [1.165, 1.54) is 18.1 Å². The Labute approximate surface area is 167 Å². The third-order valence-corrected chi connectivity index (χ3v) is 5.24. The zero-order valence-electron chi connectivity index (χ0n) is 16.5. The third-order valence-electron chi connectivity index (χ3n) is 5.24. The number of carbonyl (C=O) groups excluding carboxylic acids is 1. The predicted octanol–water partition coefficient (Wildman–Crippen LogP) is 3.86. The van der Waals surface area contributed by atoms with Crippen molar-refractivity contribution in [2.75, 3.05) is 13.7 Å². The van der Waals surface area contributed by atoms with Crippen LogP contribution in [0, 0.1) is 13.8 Å². The summed E-state index contributed by atoms with van der Waals surface area (Å²) in [6.45, 7) is 7.74. The summed E-state index contributed by atoms with van der Waals surface area (Å²) in [6.07, 6.45) is 1.61. The normalized spacial score (nSPS) is 15.6. The van der Waals surface area contributed by atoms with Gasteiger partial charge in [0.25, 0.3) is 5.91 Å². The maximum Gasteiger partial charge on any atom is 0.291 e. The molecule has 1 aromatic heterocycles. The topological polar surface area (TPSA) is 80.0 Å². The van der Waals surface area contributed by atoms with E-state index in [9.17, 15) is 14.7 Å². The average Bonchev–Trinajstić information content (AvgIpc) is 2.96. The lowest BCUT2D eigenvalue weighted by Crippen LogP contribution is -2.29. The van der Waals surface area contributed by atoms with Gasteiger partial charge in [0.15, 0.2) is 16.9 Å². The minimum absolute atomic E-state index is 0.0205. The Kier molecular flexibility index (Phi) is 4.42. The van der Waals surface area contributed by atoms with E-state index >= 15 is 0 Å². The molecule has 1 aliphatic heterocycles. The van der Waals surface area contributed by atoms with Crippen molar-refractivity contribution in [1.29, 1.82) is 0 Å². The maximum absolute atomic E-state index is 13.5. The van der Waals surface area contributed by atoms with Crippen molar-refractivity contribution in [2.24, 2.45) is 0 Å². The maximum atomic E-state index is 13.5. The first kappa shape index (κ1) is 18.8. The van der Waals surface area contributed by atoms with Gasteiger partial charge in [-0.15, -0.1) is 6.58 Å². The summed E-state index contributed by atoms with van der Waals surface area (Å²) < 4.78 is 11.2. The van der Waals surface area contributed by atoms with Crippen LogP contribution in [-0.2, 0) is 0 Å².